The van der Waals surface area contributed by atoms with Crippen LogP contribution >= 0.6 is 11.8 Å². The molecule has 0 unspecified atom stereocenters. The minimum Gasteiger partial charge on any atom is -0.478 e. The van der Waals surface area contributed by atoms with Crippen LogP contribution in [-0.4, -0.2) is 31.6 Å². The minimum atomic E-state index is -0.966. The van der Waals surface area contributed by atoms with E-state index in [1.165, 1.54) is 11.8 Å². The first kappa shape index (κ1) is 13.6. The van der Waals surface area contributed by atoms with Crippen molar-refractivity contribution in [2.45, 2.75) is 32.0 Å². The van der Waals surface area contributed by atoms with Crippen molar-refractivity contribution in [3.8, 4) is 0 Å². The first-order chi connectivity index (χ1) is 7.91. The summed E-state index contributed by atoms with van der Waals surface area (Å²) < 4.78 is 1.54. The maximum atomic E-state index is 11.4. The van der Waals surface area contributed by atoms with E-state index in [-0.39, 0.29) is 11.7 Å². The van der Waals surface area contributed by atoms with E-state index < -0.39 is 5.97 Å². The number of carboxylic acid groups (broad SMARTS) is 1. The molecule has 0 aromatic carbocycles. The van der Waals surface area contributed by atoms with Gasteiger partial charge in [-0.1, -0.05) is 17.3 Å². The summed E-state index contributed by atoms with van der Waals surface area (Å²) in [5.41, 5.74) is 0.468. The number of hydrogen-bond donors (Lipinski definition) is 2. The quantitative estimate of drug-likeness (QED) is 0.612. The average molecular weight is 257 g/mol. The third kappa shape index (κ3) is 3.77. The van der Waals surface area contributed by atoms with Gasteiger partial charge in [0.2, 0.25) is 0 Å². The normalized spacial score (nSPS) is 12.1. The van der Waals surface area contributed by atoms with Gasteiger partial charge in [0.1, 0.15) is 0 Å². The van der Waals surface area contributed by atoms with Crippen LogP contribution in [0.3, 0.4) is 0 Å². The monoisotopic (exact) mass is 257 g/mol. The van der Waals surface area contributed by atoms with Crippen molar-refractivity contribution in [2.75, 3.05) is 5.75 Å². The van der Waals surface area contributed by atoms with Crippen LogP contribution in [0.2, 0.25) is 0 Å². The van der Waals surface area contributed by atoms with Crippen molar-refractivity contribution in [3.63, 3.8) is 0 Å². The van der Waals surface area contributed by atoms with E-state index in [4.69, 9.17) is 5.11 Å². The smallest absolute Gasteiger partial charge is 0.344 e. The molecule has 0 aliphatic rings. The van der Waals surface area contributed by atoms with Crippen LogP contribution in [0.5, 0.6) is 0 Å². The summed E-state index contributed by atoms with van der Waals surface area (Å²) in [5, 5.41) is 15.4. The molecule has 94 valence electrons. The molecule has 0 amide bonds. The molecule has 0 bridgehead atoms. The van der Waals surface area contributed by atoms with Crippen LogP contribution in [-0.2, 0) is 4.79 Å². The number of aliphatic carboxylic acids is 1. The second-order valence-electron chi connectivity index (χ2n) is 3.89. The van der Waals surface area contributed by atoms with Crippen molar-refractivity contribution in [1.29, 1.82) is 0 Å². The number of nitrogens with zero attached hydrogens (tertiary/aromatic N) is 2. The molecule has 0 radical (unpaired) electrons. The Morgan fingerprint density at radius 1 is 1.65 bits per heavy atom. The van der Waals surface area contributed by atoms with Gasteiger partial charge in [0.05, 0.1) is 0 Å². The molecule has 1 heterocycles. The molecule has 17 heavy (non-hydrogen) atoms. The van der Waals surface area contributed by atoms with Crippen molar-refractivity contribution < 1.29 is 9.90 Å². The van der Waals surface area contributed by atoms with E-state index >= 15 is 0 Å². The molecule has 0 aliphatic heterocycles. The van der Waals surface area contributed by atoms with Gasteiger partial charge in [-0.15, -0.1) is 5.10 Å². The maximum absolute atomic E-state index is 11.4. The van der Waals surface area contributed by atoms with Gasteiger partial charge in [-0.25, -0.2) is 14.7 Å². The summed E-state index contributed by atoms with van der Waals surface area (Å²) >= 11 is 1.34. The number of carbonyl (C=O) groups is 1. The first-order valence-electron chi connectivity index (χ1n) is 5.11. The highest BCUT2D eigenvalue weighted by atomic mass is 32.2. The Kier molecular flexibility index (Phi) is 4.56. The van der Waals surface area contributed by atoms with Gasteiger partial charge in [0.25, 0.3) is 0 Å². The number of hydrogen-bond acceptors (Lipinski definition) is 4. The van der Waals surface area contributed by atoms with Crippen molar-refractivity contribution in [1.82, 2.24) is 14.8 Å². The fraction of sp³-hybridized carbons (Fsp3) is 0.500. The largest absolute Gasteiger partial charge is 0.478 e. The molecule has 0 saturated heterocycles. The van der Waals surface area contributed by atoms with Gasteiger partial charge < -0.3 is 5.11 Å². The van der Waals surface area contributed by atoms with E-state index in [2.05, 4.69) is 10.2 Å². The van der Waals surface area contributed by atoms with Gasteiger partial charge in [-0.3, -0.25) is 4.57 Å². The molecule has 1 aromatic rings. The number of carboxylic acids is 1. The topological polar surface area (TPSA) is 88.0 Å². The number of nitrogens with one attached hydrogen (secondary N) is 1. The second kappa shape index (κ2) is 5.72. The highest BCUT2D eigenvalue weighted by molar-refractivity contribution is 7.99. The number of H-pyrrole nitrogens is 1. The van der Waals surface area contributed by atoms with Crippen LogP contribution in [0.4, 0.5) is 0 Å². The maximum Gasteiger partial charge on any atom is 0.344 e. The SMILES string of the molecule is CC(=CC(=O)O)CSc1n[nH]c(=O)n1C(C)C. The second-order valence-corrected chi connectivity index (χ2v) is 4.84. The molecule has 1 rings (SSSR count). The third-order valence-electron chi connectivity index (χ3n) is 1.99. The zero-order valence-electron chi connectivity index (χ0n) is 9.93. The summed E-state index contributed by atoms with van der Waals surface area (Å²) in [5.74, 6) is -0.477. The fourth-order valence-electron chi connectivity index (χ4n) is 1.28. The Labute approximate surface area is 103 Å². The van der Waals surface area contributed by atoms with Crippen molar-refractivity contribution in [3.05, 3.63) is 22.1 Å². The standard InChI is InChI=1S/C10H15N3O3S/c1-6(2)13-9(16)11-12-10(13)17-5-7(3)4-8(14)15/h4,6H,5H2,1-3H3,(H,11,16)(H,14,15). The number of aromatic nitrogens is 3. The molecular formula is C10H15N3O3S. The fourth-order valence-corrected chi connectivity index (χ4v) is 2.26. The van der Waals surface area contributed by atoms with Gasteiger partial charge in [-0.2, -0.15) is 0 Å². The molecular weight excluding hydrogens is 242 g/mol. The molecule has 2 N–H and O–H groups in total. The molecule has 0 saturated carbocycles. The van der Waals surface area contributed by atoms with Crippen LogP contribution in [0.15, 0.2) is 21.6 Å². The van der Waals surface area contributed by atoms with E-state index in [9.17, 15) is 9.59 Å². The number of rotatable bonds is 5. The van der Waals surface area contributed by atoms with E-state index in [1.807, 2.05) is 13.8 Å². The predicted octanol–water partition coefficient (Wildman–Crippen LogP) is 1.28. The molecule has 0 aliphatic carbocycles. The predicted molar refractivity (Wildman–Crippen MR) is 65.3 cm³/mol. The Hall–Kier alpha value is -1.50. The molecule has 0 fully saturated rings. The van der Waals surface area contributed by atoms with Crippen LogP contribution < -0.4 is 5.69 Å². The van der Waals surface area contributed by atoms with Crippen molar-refractivity contribution >= 4 is 17.7 Å². The summed E-state index contributed by atoms with van der Waals surface area (Å²) in [6, 6.07) is 0.0208. The number of aromatic amines is 1. The van der Waals surface area contributed by atoms with E-state index in [0.717, 1.165) is 6.08 Å². The third-order valence-corrected chi connectivity index (χ3v) is 3.13. The molecule has 7 heteroatoms. The lowest BCUT2D eigenvalue weighted by Gasteiger charge is -2.08. The van der Waals surface area contributed by atoms with E-state index in [1.54, 1.807) is 11.5 Å². The summed E-state index contributed by atoms with van der Waals surface area (Å²) in [6.45, 7) is 5.51. The Morgan fingerprint density at radius 2 is 2.29 bits per heavy atom. The van der Waals surface area contributed by atoms with E-state index in [0.29, 0.717) is 16.5 Å². The zero-order chi connectivity index (χ0) is 13.0. The molecule has 6 nitrogen and oxygen atoms in total. The Bertz CT molecular complexity index is 487. The Balaban J connectivity index is 2.77. The minimum absolute atomic E-state index is 0.0208. The van der Waals surface area contributed by atoms with Crippen LogP contribution in [0, 0.1) is 0 Å². The average Bonchev–Trinajstić information content (AvgIpc) is 2.55. The van der Waals surface area contributed by atoms with Crippen molar-refractivity contribution in [2.24, 2.45) is 0 Å². The Morgan fingerprint density at radius 3 is 2.82 bits per heavy atom. The summed E-state index contributed by atoms with van der Waals surface area (Å²) in [6.07, 6.45) is 1.15. The zero-order valence-corrected chi connectivity index (χ0v) is 10.7. The lowest BCUT2D eigenvalue weighted by Crippen LogP contribution is -2.19. The lowest BCUT2D eigenvalue weighted by molar-refractivity contribution is -0.131. The molecule has 0 spiro atoms. The summed E-state index contributed by atoms with van der Waals surface area (Å²) in [4.78, 5) is 21.9. The first-order valence-corrected chi connectivity index (χ1v) is 6.10. The van der Waals surface area contributed by atoms with Gasteiger partial charge in [0.15, 0.2) is 5.16 Å². The van der Waals surface area contributed by atoms with Gasteiger partial charge >= 0.3 is 11.7 Å². The van der Waals surface area contributed by atoms with Crippen LogP contribution in [0.25, 0.3) is 0 Å². The van der Waals surface area contributed by atoms with Gasteiger partial charge in [-0.05, 0) is 20.8 Å². The van der Waals surface area contributed by atoms with Gasteiger partial charge in [0, 0.05) is 17.9 Å². The molecule has 0 atom stereocenters. The summed E-state index contributed by atoms with van der Waals surface area (Å²) in [7, 11) is 0. The number of thioether (sulfide) groups is 1. The van der Waals surface area contributed by atoms with Crippen LogP contribution in [0.1, 0.15) is 26.8 Å². The lowest BCUT2D eigenvalue weighted by atomic mass is 10.3. The highest BCUT2D eigenvalue weighted by Crippen LogP contribution is 2.19. The molecule has 1 aromatic heterocycles. The highest BCUT2D eigenvalue weighted by Gasteiger charge is 2.11.